The van der Waals surface area contributed by atoms with E-state index in [0.29, 0.717) is 11.8 Å². The highest BCUT2D eigenvalue weighted by Crippen LogP contribution is 2.26. The van der Waals surface area contributed by atoms with Gasteiger partial charge in [0.1, 0.15) is 0 Å². The zero-order chi connectivity index (χ0) is 14.8. The van der Waals surface area contributed by atoms with Crippen LogP contribution in [0.4, 0.5) is 0 Å². The molecule has 1 aliphatic heterocycles. The van der Waals surface area contributed by atoms with Crippen molar-refractivity contribution in [3.63, 3.8) is 0 Å². The first kappa shape index (κ1) is 15.5. The minimum absolute atomic E-state index is 0.241. The summed E-state index contributed by atoms with van der Waals surface area (Å²) in [7, 11) is 0. The number of nitrogens with two attached hydrogens (primary N) is 1. The maximum absolute atomic E-state index is 5.77. The van der Waals surface area contributed by atoms with E-state index in [-0.39, 0.29) is 5.41 Å². The normalized spacial score (nSPS) is 22.1. The molecule has 112 valence electrons. The zero-order valence-corrected chi connectivity index (χ0v) is 13.5. The van der Waals surface area contributed by atoms with Gasteiger partial charge in [0, 0.05) is 13.1 Å². The molecular weight excluding hydrogens is 244 g/mol. The van der Waals surface area contributed by atoms with E-state index in [0.717, 1.165) is 13.1 Å². The molecule has 1 aliphatic rings. The van der Waals surface area contributed by atoms with Crippen LogP contribution in [0.2, 0.25) is 0 Å². The Morgan fingerprint density at radius 2 is 1.90 bits per heavy atom. The van der Waals surface area contributed by atoms with Gasteiger partial charge in [-0.15, -0.1) is 0 Å². The largest absolute Gasteiger partial charge is 0.330 e. The van der Waals surface area contributed by atoms with Crippen molar-refractivity contribution < 1.29 is 0 Å². The second kappa shape index (κ2) is 6.28. The molecule has 0 radical (unpaired) electrons. The van der Waals surface area contributed by atoms with Crippen LogP contribution in [0.5, 0.6) is 0 Å². The molecule has 2 N–H and O–H groups in total. The Labute approximate surface area is 124 Å². The number of rotatable bonds is 4. The highest BCUT2D eigenvalue weighted by atomic mass is 15.1. The predicted octanol–water partition coefficient (Wildman–Crippen LogP) is 3.37. The van der Waals surface area contributed by atoms with Gasteiger partial charge in [-0.05, 0) is 47.9 Å². The van der Waals surface area contributed by atoms with E-state index in [1.807, 2.05) is 0 Å². The lowest BCUT2D eigenvalue weighted by Crippen LogP contribution is -2.27. The molecule has 2 heteroatoms. The number of hydrogen-bond donors (Lipinski definition) is 1. The van der Waals surface area contributed by atoms with Crippen LogP contribution in [0.3, 0.4) is 0 Å². The molecule has 1 fully saturated rings. The van der Waals surface area contributed by atoms with Crippen LogP contribution < -0.4 is 5.73 Å². The lowest BCUT2D eigenvalue weighted by atomic mass is 9.85. The van der Waals surface area contributed by atoms with Crippen LogP contribution in [0.15, 0.2) is 24.3 Å². The third-order valence-corrected chi connectivity index (χ3v) is 4.58. The standard InChI is InChI=1S/C18H30N2/c1-14(12-20-10-9-15(11-19)13-20)16-5-7-17(8-6-16)18(2,3)4/h5-8,14-15H,9-13,19H2,1-4H3. The second-order valence-electron chi connectivity index (χ2n) is 7.42. The van der Waals surface area contributed by atoms with E-state index >= 15 is 0 Å². The van der Waals surface area contributed by atoms with Gasteiger partial charge in [0.05, 0.1) is 0 Å². The molecule has 0 bridgehead atoms. The number of likely N-dealkylation sites (tertiary alicyclic amines) is 1. The molecule has 1 aromatic rings. The van der Waals surface area contributed by atoms with E-state index in [2.05, 4.69) is 56.9 Å². The Bertz CT molecular complexity index is 416. The van der Waals surface area contributed by atoms with Gasteiger partial charge < -0.3 is 10.6 Å². The number of hydrogen-bond acceptors (Lipinski definition) is 2. The molecule has 2 rings (SSSR count). The van der Waals surface area contributed by atoms with Gasteiger partial charge in [-0.2, -0.15) is 0 Å². The van der Waals surface area contributed by atoms with Gasteiger partial charge in [0.15, 0.2) is 0 Å². The number of benzene rings is 1. The van der Waals surface area contributed by atoms with E-state index in [4.69, 9.17) is 5.73 Å². The van der Waals surface area contributed by atoms with Crippen LogP contribution in [0.25, 0.3) is 0 Å². The van der Waals surface area contributed by atoms with Crippen molar-refractivity contribution in [2.75, 3.05) is 26.2 Å². The number of nitrogens with zero attached hydrogens (tertiary/aromatic N) is 1. The molecule has 0 spiro atoms. The Balaban J connectivity index is 1.94. The minimum atomic E-state index is 0.241. The summed E-state index contributed by atoms with van der Waals surface area (Å²) in [5.74, 6) is 1.31. The maximum Gasteiger partial charge on any atom is 0.00477 e. The molecule has 0 amide bonds. The molecule has 2 nitrogen and oxygen atoms in total. The van der Waals surface area contributed by atoms with Gasteiger partial charge in [-0.25, -0.2) is 0 Å². The fourth-order valence-corrected chi connectivity index (χ4v) is 3.08. The van der Waals surface area contributed by atoms with E-state index < -0.39 is 0 Å². The molecular formula is C18H30N2. The molecule has 0 aliphatic carbocycles. The summed E-state index contributed by atoms with van der Waals surface area (Å²) < 4.78 is 0. The quantitative estimate of drug-likeness (QED) is 0.912. The fourth-order valence-electron chi connectivity index (χ4n) is 3.08. The maximum atomic E-state index is 5.77. The first-order valence-electron chi connectivity index (χ1n) is 7.93. The van der Waals surface area contributed by atoms with Crippen molar-refractivity contribution in [3.8, 4) is 0 Å². The van der Waals surface area contributed by atoms with Gasteiger partial charge in [0.2, 0.25) is 0 Å². The lowest BCUT2D eigenvalue weighted by Gasteiger charge is -2.23. The molecule has 1 aromatic carbocycles. The summed E-state index contributed by atoms with van der Waals surface area (Å²) in [5, 5.41) is 0. The second-order valence-corrected chi connectivity index (χ2v) is 7.42. The average Bonchev–Trinajstić information content (AvgIpc) is 2.85. The minimum Gasteiger partial charge on any atom is -0.330 e. The monoisotopic (exact) mass is 274 g/mol. The summed E-state index contributed by atoms with van der Waals surface area (Å²) >= 11 is 0. The Kier molecular flexibility index (Phi) is 4.87. The molecule has 20 heavy (non-hydrogen) atoms. The van der Waals surface area contributed by atoms with Gasteiger partial charge in [-0.3, -0.25) is 0 Å². The third kappa shape index (κ3) is 3.83. The van der Waals surface area contributed by atoms with E-state index in [1.165, 1.54) is 30.6 Å². The first-order valence-corrected chi connectivity index (χ1v) is 7.93. The van der Waals surface area contributed by atoms with Crippen molar-refractivity contribution in [2.45, 2.75) is 45.4 Å². The average molecular weight is 274 g/mol. The highest BCUT2D eigenvalue weighted by Gasteiger charge is 2.23. The summed E-state index contributed by atoms with van der Waals surface area (Å²) in [6.45, 7) is 13.5. The van der Waals surface area contributed by atoms with Crippen molar-refractivity contribution in [2.24, 2.45) is 11.7 Å². The Hall–Kier alpha value is -0.860. The zero-order valence-electron chi connectivity index (χ0n) is 13.5. The molecule has 1 heterocycles. The molecule has 2 atom stereocenters. The van der Waals surface area contributed by atoms with Crippen LogP contribution >= 0.6 is 0 Å². The van der Waals surface area contributed by atoms with Gasteiger partial charge >= 0.3 is 0 Å². The highest BCUT2D eigenvalue weighted by molar-refractivity contribution is 5.29. The van der Waals surface area contributed by atoms with Crippen LogP contribution in [-0.4, -0.2) is 31.1 Å². The van der Waals surface area contributed by atoms with Crippen molar-refractivity contribution in [3.05, 3.63) is 35.4 Å². The summed E-state index contributed by atoms with van der Waals surface area (Å²) in [5.41, 5.74) is 8.88. The van der Waals surface area contributed by atoms with Crippen molar-refractivity contribution >= 4 is 0 Å². The summed E-state index contributed by atoms with van der Waals surface area (Å²) in [6, 6.07) is 9.19. The van der Waals surface area contributed by atoms with E-state index in [9.17, 15) is 0 Å². The molecule has 1 saturated heterocycles. The van der Waals surface area contributed by atoms with Crippen LogP contribution in [-0.2, 0) is 5.41 Å². The molecule has 0 saturated carbocycles. The summed E-state index contributed by atoms with van der Waals surface area (Å²) in [4.78, 5) is 2.57. The molecule has 0 aromatic heterocycles. The molecule has 2 unspecified atom stereocenters. The first-order chi connectivity index (χ1) is 9.40. The third-order valence-electron chi connectivity index (χ3n) is 4.58. The Morgan fingerprint density at radius 3 is 2.40 bits per heavy atom. The van der Waals surface area contributed by atoms with Gasteiger partial charge in [0.25, 0.3) is 0 Å². The Morgan fingerprint density at radius 1 is 1.25 bits per heavy atom. The van der Waals surface area contributed by atoms with Crippen molar-refractivity contribution in [1.82, 2.24) is 4.90 Å². The predicted molar refractivity (Wildman–Crippen MR) is 87.2 cm³/mol. The summed E-state index contributed by atoms with van der Waals surface area (Å²) in [6.07, 6.45) is 1.27. The van der Waals surface area contributed by atoms with Crippen molar-refractivity contribution in [1.29, 1.82) is 0 Å². The fraction of sp³-hybridized carbons (Fsp3) is 0.667. The van der Waals surface area contributed by atoms with Crippen LogP contribution in [0, 0.1) is 5.92 Å². The SMILES string of the molecule is CC(CN1CCC(CN)C1)c1ccc(C(C)(C)C)cc1. The van der Waals surface area contributed by atoms with E-state index in [1.54, 1.807) is 0 Å². The lowest BCUT2D eigenvalue weighted by molar-refractivity contribution is 0.309. The van der Waals surface area contributed by atoms with Gasteiger partial charge in [-0.1, -0.05) is 52.0 Å². The smallest absolute Gasteiger partial charge is 0.00477 e. The van der Waals surface area contributed by atoms with Crippen LogP contribution in [0.1, 0.15) is 51.2 Å². The topological polar surface area (TPSA) is 29.3 Å².